The number of anilines is 2. The van der Waals surface area contributed by atoms with Crippen molar-refractivity contribution in [3.05, 3.63) is 59.8 Å². The molecule has 0 saturated heterocycles. The van der Waals surface area contributed by atoms with Crippen LogP contribution in [0.1, 0.15) is 18.2 Å². The number of halogens is 1. The summed E-state index contributed by atoms with van der Waals surface area (Å²) < 4.78 is 5.70. The molecule has 0 spiro atoms. The normalized spacial score (nSPS) is 10.2. The fourth-order valence-electron chi connectivity index (χ4n) is 2.62. The van der Waals surface area contributed by atoms with Crippen molar-refractivity contribution in [2.75, 3.05) is 11.9 Å². The molecule has 0 aliphatic rings. The average Bonchev–Trinajstić information content (AvgIpc) is 2.50. The second-order valence-electron chi connectivity index (χ2n) is 5.34. The average molecular weight is 328 g/mol. The van der Waals surface area contributed by atoms with Gasteiger partial charge in [0.25, 0.3) is 0 Å². The lowest BCUT2D eigenvalue weighted by Crippen LogP contribution is -3.00. The van der Waals surface area contributed by atoms with E-state index in [1.165, 1.54) is 5.56 Å². The molecular weight excluding hydrogens is 308 g/mol. The number of para-hydroxylation sites is 3. The number of hydrogen-bond acceptors (Lipinski definition) is 3. The molecule has 2 aromatic carbocycles. The van der Waals surface area contributed by atoms with Gasteiger partial charge in [0.05, 0.1) is 17.8 Å². The zero-order chi connectivity index (χ0) is 15.5. The summed E-state index contributed by atoms with van der Waals surface area (Å²) in [4.78, 5) is 4.66. The Bertz CT molecular complexity index is 818. The fourth-order valence-corrected chi connectivity index (χ4v) is 2.62. The summed E-state index contributed by atoms with van der Waals surface area (Å²) in [7, 11) is 0. The monoisotopic (exact) mass is 327 g/mol. The number of fused-ring (bicyclic) bond motifs is 1. The van der Waals surface area contributed by atoms with E-state index in [-0.39, 0.29) is 12.4 Å². The van der Waals surface area contributed by atoms with Crippen LogP contribution < -0.4 is 22.5 Å². The molecule has 1 N–H and O–H groups in total. The summed E-state index contributed by atoms with van der Waals surface area (Å²) in [6, 6.07) is 16.3. The van der Waals surface area contributed by atoms with Gasteiger partial charge in [-0.1, -0.05) is 30.3 Å². The van der Waals surface area contributed by atoms with Crippen LogP contribution in [0.15, 0.2) is 48.5 Å². The fraction of sp³-hybridized carbons (Fsp3) is 0.211. The molecule has 0 atom stereocenters. The Balaban J connectivity index is 0.00000192. The van der Waals surface area contributed by atoms with Gasteiger partial charge in [-0.3, -0.25) is 4.98 Å². The van der Waals surface area contributed by atoms with Crippen LogP contribution >= 0.6 is 0 Å². The Labute approximate surface area is 143 Å². The Morgan fingerprint density at radius 3 is 2.57 bits per heavy atom. The Kier molecular flexibility index (Phi) is 5.45. The van der Waals surface area contributed by atoms with E-state index in [9.17, 15) is 0 Å². The first-order valence-corrected chi connectivity index (χ1v) is 7.55. The van der Waals surface area contributed by atoms with Crippen LogP contribution in [-0.2, 0) is 0 Å². The van der Waals surface area contributed by atoms with Crippen LogP contribution in [0.4, 0.5) is 11.4 Å². The molecule has 0 saturated carbocycles. The zero-order valence-electron chi connectivity index (χ0n) is 13.6. The van der Waals surface area contributed by atoms with Gasteiger partial charge in [-0.25, -0.2) is 0 Å². The van der Waals surface area contributed by atoms with Crippen molar-refractivity contribution in [3.63, 3.8) is 0 Å². The van der Waals surface area contributed by atoms with E-state index in [0.717, 1.165) is 33.7 Å². The van der Waals surface area contributed by atoms with Gasteiger partial charge in [-0.05, 0) is 44.5 Å². The van der Waals surface area contributed by atoms with Crippen molar-refractivity contribution in [2.45, 2.75) is 20.8 Å². The molecule has 0 fully saturated rings. The number of pyridine rings is 1. The zero-order valence-corrected chi connectivity index (χ0v) is 14.3. The maximum absolute atomic E-state index is 5.70. The second kappa shape index (κ2) is 7.34. The largest absolute Gasteiger partial charge is 1.00 e. The van der Waals surface area contributed by atoms with Crippen LogP contribution in [0.25, 0.3) is 10.9 Å². The van der Waals surface area contributed by atoms with Gasteiger partial charge in [0.1, 0.15) is 5.75 Å². The quantitative estimate of drug-likeness (QED) is 0.796. The van der Waals surface area contributed by atoms with Crippen LogP contribution in [0.2, 0.25) is 0 Å². The predicted octanol–water partition coefficient (Wildman–Crippen LogP) is 2.00. The highest BCUT2D eigenvalue weighted by molar-refractivity contribution is 5.95. The van der Waals surface area contributed by atoms with Gasteiger partial charge < -0.3 is 22.5 Å². The topological polar surface area (TPSA) is 34.1 Å². The number of nitrogens with one attached hydrogen (secondary N) is 1. The van der Waals surface area contributed by atoms with E-state index in [1.54, 1.807) is 0 Å². The van der Waals surface area contributed by atoms with Crippen molar-refractivity contribution in [3.8, 4) is 5.75 Å². The lowest BCUT2D eigenvalue weighted by molar-refractivity contribution is -0.00000511. The van der Waals surface area contributed by atoms with Gasteiger partial charge >= 0.3 is 0 Å². The molecule has 3 rings (SSSR count). The van der Waals surface area contributed by atoms with Crippen LogP contribution in [0, 0.1) is 13.8 Å². The summed E-state index contributed by atoms with van der Waals surface area (Å²) >= 11 is 0. The standard InChI is InChI=1S/C19H20N2O.ClH/c1-4-22-18-11-6-5-10-16(18)21-17-12-14(3)20-19-13(2)8-7-9-15(17)19;/h5-12H,4H2,1-3H3,(H,20,21);1H/p-1. The smallest absolute Gasteiger partial charge is 0.142 e. The van der Waals surface area contributed by atoms with Gasteiger partial charge in [0.2, 0.25) is 0 Å². The third-order valence-electron chi connectivity index (χ3n) is 3.63. The highest BCUT2D eigenvalue weighted by Crippen LogP contribution is 2.32. The van der Waals surface area contributed by atoms with Crippen molar-refractivity contribution in [2.24, 2.45) is 0 Å². The maximum atomic E-state index is 5.70. The summed E-state index contributed by atoms with van der Waals surface area (Å²) in [5.74, 6) is 0.861. The van der Waals surface area contributed by atoms with Crippen molar-refractivity contribution in [1.82, 2.24) is 4.98 Å². The molecule has 120 valence electrons. The van der Waals surface area contributed by atoms with Crippen LogP contribution in [-0.4, -0.2) is 11.6 Å². The predicted molar refractivity (Wildman–Crippen MR) is 92.1 cm³/mol. The van der Waals surface area contributed by atoms with E-state index >= 15 is 0 Å². The molecule has 3 aromatic rings. The third-order valence-corrected chi connectivity index (χ3v) is 3.63. The van der Waals surface area contributed by atoms with Crippen LogP contribution in [0.3, 0.4) is 0 Å². The molecular formula is C19H20ClN2O-. The number of aryl methyl sites for hydroxylation is 2. The minimum absolute atomic E-state index is 0. The maximum Gasteiger partial charge on any atom is 0.142 e. The van der Waals surface area contributed by atoms with Crippen molar-refractivity contribution < 1.29 is 17.1 Å². The molecule has 0 bridgehead atoms. The molecule has 3 nitrogen and oxygen atoms in total. The molecule has 23 heavy (non-hydrogen) atoms. The van der Waals surface area contributed by atoms with E-state index in [4.69, 9.17) is 4.74 Å². The molecule has 0 aliphatic carbocycles. The Morgan fingerprint density at radius 2 is 1.78 bits per heavy atom. The van der Waals surface area contributed by atoms with E-state index in [1.807, 2.05) is 38.1 Å². The van der Waals surface area contributed by atoms with Crippen LogP contribution in [0.5, 0.6) is 5.75 Å². The van der Waals surface area contributed by atoms with Crippen molar-refractivity contribution >= 4 is 22.3 Å². The lowest BCUT2D eigenvalue weighted by atomic mass is 10.1. The SMILES string of the molecule is CCOc1ccccc1Nc1cc(C)nc2c(C)cccc12.[Cl-]. The number of nitrogens with zero attached hydrogens (tertiary/aromatic N) is 1. The van der Waals surface area contributed by atoms with Gasteiger partial charge in [-0.2, -0.15) is 0 Å². The van der Waals surface area contributed by atoms with Gasteiger partial charge in [0.15, 0.2) is 0 Å². The summed E-state index contributed by atoms with van der Waals surface area (Å²) in [5, 5.41) is 4.63. The highest BCUT2D eigenvalue weighted by Gasteiger charge is 2.08. The molecule has 1 aromatic heterocycles. The van der Waals surface area contributed by atoms with E-state index < -0.39 is 0 Å². The number of aromatic nitrogens is 1. The summed E-state index contributed by atoms with van der Waals surface area (Å²) in [6.07, 6.45) is 0. The van der Waals surface area contributed by atoms with Gasteiger partial charge in [-0.15, -0.1) is 0 Å². The Morgan fingerprint density at radius 1 is 1.00 bits per heavy atom. The Hall–Kier alpha value is -2.26. The molecule has 1 heterocycles. The number of ether oxygens (including phenoxy) is 1. The number of hydrogen-bond donors (Lipinski definition) is 1. The molecule has 0 aliphatic heterocycles. The number of rotatable bonds is 4. The molecule has 0 amide bonds. The first kappa shape index (κ1) is 17.1. The lowest BCUT2D eigenvalue weighted by Gasteiger charge is -2.15. The van der Waals surface area contributed by atoms with Crippen molar-refractivity contribution in [1.29, 1.82) is 0 Å². The first-order valence-electron chi connectivity index (χ1n) is 7.55. The third kappa shape index (κ3) is 3.57. The molecule has 4 heteroatoms. The summed E-state index contributed by atoms with van der Waals surface area (Å²) in [6.45, 7) is 6.75. The highest BCUT2D eigenvalue weighted by atomic mass is 35.5. The van der Waals surface area contributed by atoms with E-state index in [0.29, 0.717) is 6.61 Å². The van der Waals surface area contributed by atoms with Gasteiger partial charge in [0, 0.05) is 16.8 Å². The van der Waals surface area contributed by atoms with E-state index in [2.05, 4.69) is 41.5 Å². The minimum Gasteiger partial charge on any atom is -1.00 e. The number of benzene rings is 2. The summed E-state index contributed by atoms with van der Waals surface area (Å²) in [5.41, 5.74) is 5.25. The first-order chi connectivity index (χ1) is 10.7. The molecule has 0 unspecified atom stereocenters. The second-order valence-corrected chi connectivity index (χ2v) is 5.34. The minimum atomic E-state index is 0. The molecule has 0 radical (unpaired) electrons.